The third-order valence-corrected chi connectivity index (χ3v) is 9.91. The van der Waals surface area contributed by atoms with E-state index in [1.54, 1.807) is 50.8 Å². The number of rotatable bonds is 16. The average Bonchev–Trinajstić information content (AvgIpc) is 3.21. The van der Waals surface area contributed by atoms with Crippen molar-refractivity contribution in [3.63, 3.8) is 0 Å². The average molecular weight is 906 g/mol. The first-order valence-corrected chi connectivity index (χ1v) is 20.1. The number of hydrogen-bond acceptors (Lipinski definition) is 12. The van der Waals surface area contributed by atoms with Crippen LogP contribution in [0.4, 0.5) is 0 Å². The summed E-state index contributed by atoms with van der Waals surface area (Å²) in [5, 5.41) is 11.1. The molecule has 0 radical (unpaired) electrons. The number of fused-ring (bicyclic) bond motifs is 2. The van der Waals surface area contributed by atoms with Crippen molar-refractivity contribution in [2.75, 3.05) is 13.2 Å². The Morgan fingerprint density at radius 2 is 1.06 bits per heavy atom. The summed E-state index contributed by atoms with van der Waals surface area (Å²) in [6.45, 7) is 8.17. The van der Waals surface area contributed by atoms with Gasteiger partial charge >= 0.3 is 30.2 Å². The molecule has 334 valence electrons. The van der Waals surface area contributed by atoms with Crippen LogP contribution in [0.3, 0.4) is 0 Å². The molecule has 6 aromatic rings. The van der Waals surface area contributed by atoms with Crippen molar-refractivity contribution < 1.29 is 53.9 Å². The Morgan fingerprint density at radius 1 is 0.683 bits per heavy atom. The number of benzene rings is 2. The summed E-state index contributed by atoms with van der Waals surface area (Å²) in [5.74, 6) is 0.996. The Balaban J connectivity index is 0.000000415. The largest absolute Gasteiger partial charge is 1.00 e. The minimum absolute atomic E-state index is 0. The van der Waals surface area contributed by atoms with Gasteiger partial charge in [0.15, 0.2) is 0 Å². The number of carbonyl (C=O) groups excluding carboxylic acids is 1. The number of aliphatic hydroxyl groups is 1. The Labute approximate surface area is 384 Å². The van der Waals surface area contributed by atoms with Gasteiger partial charge in [-0.15, -0.1) is 0 Å². The first-order valence-electron chi connectivity index (χ1n) is 19.4. The molecule has 0 saturated heterocycles. The van der Waals surface area contributed by atoms with E-state index in [9.17, 15) is 24.0 Å². The molecule has 4 aromatic heterocycles. The first kappa shape index (κ1) is 53.9. The zero-order valence-corrected chi connectivity index (χ0v) is 37.8. The summed E-state index contributed by atoms with van der Waals surface area (Å²) in [7, 11) is 3.16. The van der Waals surface area contributed by atoms with E-state index in [4.69, 9.17) is 37.8 Å². The van der Waals surface area contributed by atoms with E-state index in [0.29, 0.717) is 81.2 Å². The molecule has 2 aromatic carbocycles. The SMILES string of the molecule is CC(C)Oc1cnc2c(c1Cc1ccc(Cl)cc1)c(=O)n(CCCO)c(=O)n2C.CC(C)Oc1cnc2c(c1Cc1ccc(Cl)cc1)c(=O)n(CCCOC=O)c(=O)n2C.O.[Li+].[OH-]. The van der Waals surface area contributed by atoms with Gasteiger partial charge in [0.1, 0.15) is 22.8 Å². The van der Waals surface area contributed by atoms with Crippen molar-refractivity contribution >= 4 is 51.7 Å². The van der Waals surface area contributed by atoms with Crippen molar-refractivity contribution in [3.8, 4) is 11.5 Å². The first-order chi connectivity index (χ1) is 28.7. The van der Waals surface area contributed by atoms with Crippen LogP contribution in [-0.4, -0.2) is 76.2 Å². The molecular weight excluding hydrogens is 854 g/mol. The van der Waals surface area contributed by atoms with Crippen LogP contribution in [0.5, 0.6) is 11.5 Å². The van der Waals surface area contributed by atoms with E-state index >= 15 is 0 Å². The number of ether oxygens (including phenoxy) is 3. The minimum atomic E-state index is -0.480. The van der Waals surface area contributed by atoms with Crippen molar-refractivity contribution in [1.29, 1.82) is 0 Å². The molecule has 0 bridgehead atoms. The number of aliphatic hydroxyl groups excluding tert-OH is 1. The number of halogens is 2. The van der Waals surface area contributed by atoms with E-state index in [-0.39, 0.29) is 74.0 Å². The number of carbonyl (C=O) groups is 1. The number of nitrogens with zero attached hydrogens (tertiary/aromatic N) is 6. The molecule has 0 aliphatic heterocycles. The summed E-state index contributed by atoms with van der Waals surface area (Å²) < 4.78 is 21.5. The maximum Gasteiger partial charge on any atom is 1.00 e. The van der Waals surface area contributed by atoms with Crippen molar-refractivity contribution in [1.82, 2.24) is 28.2 Å². The fourth-order valence-electron chi connectivity index (χ4n) is 6.64. The molecule has 0 unspecified atom stereocenters. The molecule has 0 spiro atoms. The van der Waals surface area contributed by atoms with Crippen LogP contribution in [-0.2, 0) is 49.6 Å². The standard InChI is InChI=1S/C22H24ClN3O5.C21H24ClN3O4.Li.2H2O/c1-14(2)31-18-12-24-20-19(17(18)11-15-5-7-16(23)8-6-15)21(28)26(22(29)25(20)3)9-4-10-30-13-27;1-13(2)29-17-12-23-19-18(16(17)11-14-5-7-15(22)8-6-14)20(27)25(9-4-10-26)21(28)24(19)3;;;/h5-8,12-14H,4,9-11H2,1-3H3;5-8,12-13,26H,4,9-11H2,1-3H3;;2*1H2/q;;+1;;/p-1. The maximum absolute atomic E-state index is 13.4. The maximum atomic E-state index is 13.4. The van der Waals surface area contributed by atoms with Gasteiger partial charge in [0, 0.05) is 67.8 Å². The van der Waals surface area contributed by atoms with Gasteiger partial charge in [-0.05, 0) is 75.9 Å². The Bertz CT molecular complexity index is 2720. The number of hydrogen-bond donors (Lipinski definition) is 1. The molecule has 0 aliphatic rings. The van der Waals surface area contributed by atoms with E-state index in [0.717, 1.165) is 20.3 Å². The molecule has 6 rings (SSSR count). The van der Waals surface area contributed by atoms with Crippen LogP contribution in [0, 0.1) is 0 Å². The quantitative estimate of drug-likeness (QED) is 0.0819. The molecule has 20 heteroatoms. The van der Waals surface area contributed by atoms with Gasteiger partial charge in [0.05, 0.1) is 42.0 Å². The Hall–Kier alpha value is -5.25. The van der Waals surface area contributed by atoms with Crippen LogP contribution in [0.25, 0.3) is 22.1 Å². The molecule has 0 saturated carbocycles. The number of pyridine rings is 2. The predicted octanol–water partition coefficient (Wildman–Crippen LogP) is 1.20. The third kappa shape index (κ3) is 12.9. The van der Waals surface area contributed by atoms with Gasteiger partial charge in [-0.3, -0.25) is 32.7 Å². The summed E-state index contributed by atoms with van der Waals surface area (Å²) in [6, 6.07) is 14.7. The number of aryl methyl sites for hydroxylation is 2. The second-order valence-electron chi connectivity index (χ2n) is 14.5. The molecule has 4 N–H and O–H groups in total. The Kier molecular flexibility index (Phi) is 21.0. The topological polar surface area (TPSA) is 240 Å². The monoisotopic (exact) mass is 904 g/mol. The molecule has 0 aliphatic carbocycles. The molecule has 0 fully saturated rings. The van der Waals surface area contributed by atoms with Crippen molar-refractivity contribution in [2.24, 2.45) is 14.1 Å². The van der Waals surface area contributed by atoms with Gasteiger partial charge in [-0.2, -0.15) is 0 Å². The predicted molar refractivity (Wildman–Crippen MR) is 236 cm³/mol. The van der Waals surface area contributed by atoms with E-state index in [1.165, 1.54) is 9.13 Å². The molecular formula is C43H51Cl2LiN6O11. The zero-order valence-electron chi connectivity index (χ0n) is 36.3. The zero-order chi connectivity index (χ0) is 43.7. The molecule has 0 atom stereocenters. The molecule has 63 heavy (non-hydrogen) atoms. The summed E-state index contributed by atoms with van der Waals surface area (Å²) in [4.78, 5) is 71.1. The van der Waals surface area contributed by atoms with Crippen LogP contribution >= 0.6 is 23.2 Å². The van der Waals surface area contributed by atoms with E-state index in [2.05, 4.69) is 14.7 Å². The van der Waals surface area contributed by atoms with Gasteiger partial charge in [-0.25, -0.2) is 19.6 Å². The van der Waals surface area contributed by atoms with Crippen molar-refractivity contribution in [3.05, 3.63) is 135 Å². The van der Waals surface area contributed by atoms with E-state index < -0.39 is 22.5 Å². The van der Waals surface area contributed by atoms with Gasteiger partial charge < -0.3 is 30.3 Å². The molecule has 0 amide bonds. The third-order valence-electron chi connectivity index (χ3n) is 9.41. The van der Waals surface area contributed by atoms with E-state index in [1.807, 2.05) is 52.0 Å². The smallest absolute Gasteiger partial charge is 0.870 e. The fraction of sp³-hybridized carbons (Fsp3) is 0.372. The van der Waals surface area contributed by atoms with Crippen LogP contribution in [0.15, 0.2) is 80.1 Å². The minimum Gasteiger partial charge on any atom is -0.870 e. The summed E-state index contributed by atoms with van der Waals surface area (Å²) in [6.07, 6.45) is 4.34. The summed E-state index contributed by atoms with van der Waals surface area (Å²) >= 11 is 12.0. The molecule has 4 heterocycles. The second-order valence-corrected chi connectivity index (χ2v) is 15.4. The van der Waals surface area contributed by atoms with Gasteiger partial charge in [0.25, 0.3) is 17.6 Å². The van der Waals surface area contributed by atoms with Gasteiger partial charge in [0.2, 0.25) is 0 Å². The second kappa shape index (κ2) is 24.6. The van der Waals surface area contributed by atoms with Crippen LogP contribution < -0.4 is 50.8 Å². The van der Waals surface area contributed by atoms with Gasteiger partial charge in [-0.1, -0.05) is 47.5 Å². The summed E-state index contributed by atoms with van der Waals surface area (Å²) in [5.41, 5.74) is 1.98. The Morgan fingerprint density at radius 3 is 1.41 bits per heavy atom. The van der Waals surface area contributed by atoms with Crippen molar-refractivity contribution in [2.45, 2.75) is 78.7 Å². The number of aromatic nitrogens is 6. The van der Waals surface area contributed by atoms with Crippen LogP contribution in [0.1, 0.15) is 62.8 Å². The van der Waals surface area contributed by atoms with Crippen LogP contribution in [0.2, 0.25) is 10.0 Å². The fourth-order valence-corrected chi connectivity index (χ4v) is 6.89. The normalized spacial score (nSPS) is 10.7. The molecule has 17 nitrogen and oxygen atoms in total.